The van der Waals surface area contributed by atoms with Crippen molar-refractivity contribution in [2.24, 2.45) is 0 Å². The summed E-state index contributed by atoms with van der Waals surface area (Å²) in [6.07, 6.45) is 6.50. The van der Waals surface area contributed by atoms with E-state index in [9.17, 15) is 0 Å². The van der Waals surface area contributed by atoms with Crippen molar-refractivity contribution >= 4 is 21.8 Å². The number of rotatable bonds is 6. The highest BCUT2D eigenvalue weighted by molar-refractivity contribution is 6.10. The van der Waals surface area contributed by atoms with Crippen LogP contribution in [0.2, 0.25) is 0 Å². The van der Waals surface area contributed by atoms with Gasteiger partial charge in [0, 0.05) is 33.8 Å². The fraction of sp³-hybridized carbons (Fsp3) is 0.357. The van der Waals surface area contributed by atoms with Crippen molar-refractivity contribution in [3.05, 3.63) is 71.8 Å². The van der Waals surface area contributed by atoms with Crippen LogP contribution >= 0.6 is 0 Å². The number of fused-ring (bicyclic) bond motifs is 6. The summed E-state index contributed by atoms with van der Waals surface area (Å²) in [5.41, 5.74) is 8.79. The molecule has 1 unspecified atom stereocenters. The first kappa shape index (κ1) is 18.5. The minimum Gasteiger partial charge on any atom is -0.341 e. The fourth-order valence-electron chi connectivity index (χ4n) is 5.63. The van der Waals surface area contributed by atoms with Crippen LogP contribution in [0.1, 0.15) is 64.0 Å². The van der Waals surface area contributed by atoms with Gasteiger partial charge in [-0.2, -0.15) is 0 Å². The molecule has 0 bridgehead atoms. The second kappa shape index (κ2) is 7.06. The summed E-state index contributed by atoms with van der Waals surface area (Å²) in [7, 11) is 0. The van der Waals surface area contributed by atoms with E-state index in [1.54, 1.807) is 0 Å². The molecule has 3 aromatic carbocycles. The van der Waals surface area contributed by atoms with Gasteiger partial charge in [0.25, 0.3) is 0 Å². The molecule has 1 aliphatic rings. The molecule has 1 aliphatic carbocycles. The van der Waals surface area contributed by atoms with Crippen LogP contribution < -0.4 is 0 Å². The number of aromatic nitrogens is 1. The van der Waals surface area contributed by atoms with Gasteiger partial charge >= 0.3 is 0 Å². The lowest BCUT2D eigenvalue weighted by Crippen LogP contribution is -2.20. The highest BCUT2D eigenvalue weighted by atomic mass is 15.0. The molecule has 0 saturated heterocycles. The minimum atomic E-state index is 0.114. The molecule has 0 aliphatic heterocycles. The van der Waals surface area contributed by atoms with Crippen molar-refractivity contribution in [2.45, 2.75) is 64.8 Å². The Labute approximate surface area is 174 Å². The zero-order valence-corrected chi connectivity index (χ0v) is 18.0. The first-order valence-corrected chi connectivity index (χ1v) is 11.3. The normalized spacial score (nSPS) is 17.8. The van der Waals surface area contributed by atoms with Crippen LogP contribution in [0.5, 0.6) is 0 Å². The zero-order chi connectivity index (χ0) is 20.0. The quantitative estimate of drug-likeness (QED) is 0.298. The first-order valence-electron chi connectivity index (χ1n) is 11.3. The van der Waals surface area contributed by atoms with Crippen molar-refractivity contribution in [3.8, 4) is 11.1 Å². The molecular formula is C28H31N. The maximum atomic E-state index is 2.52. The maximum Gasteiger partial charge on any atom is 0.0494 e. The molecule has 1 nitrogen and oxygen atoms in total. The third-order valence-corrected chi connectivity index (χ3v) is 7.16. The lowest BCUT2D eigenvalue weighted by molar-refractivity contribution is 0.487. The Morgan fingerprint density at radius 3 is 2.34 bits per heavy atom. The van der Waals surface area contributed by atoms with E-state index in [0.717, 1.165) is 6.54 Å². The van der Waals surface area contributed by atoms with E-state index in [-0.39, 0.29) is 5.41 Å². The Kier molecular flexibility index (Phi) is 4.50. The number of hydrogen-bond donors (Lipinski definition) is 0. The largest absolute Gasteiger partial charge is 0.341 e. The molecule has 0 radical (unpaired) electrons. The van der Waals surface area contributed by atoms with Gasteiger partial charge in [-0.1, -0.05) is 82.0 Å². The topological polar surface area (TPSA) is 4.93 Å². The van der Waals surface area contributed by atoms with Crippen LogP contribution in [0.4, 0.5) is 0 Å². The highest BCUT2D eigenvalue weighted by Crippen LogP contribution is 2.53. The van der Waals surface area contributed by atoms with Gasteiger partial charge in [-0.05, 0) is 53.8 Å². The van der Waals surface area contributed by atoms with Crippen LogP contribution in [0.3, 0.4) is 0 Å². The van der Waals surface area contributed by atoms with Crippen LogP contribution in [-0.4, -0.2) is 4.57 Å². The third kappa shape index (κ3) is 2.67. The summed E-state index contributed by atoms with van der Waals surface area (Å²) < 4.78 is 2.49. The number of benzene rings is 3. The molecule has 5 rings (SSSR count). The second-order valence-electron chi connectivity index (χ2n) is 8.86. The van der Waals surface area contributed by atoms with Gasteiger partial charge in [-0.25, -0.2) is 0 Å². The Balaban J connectivity index is 1.75. The van der Waals surface area contributed by atoms with Crippen molar-refractivity contribution < 1.29 is 0 Å². The average molecular weight is 382 g/mol. The van der Waals surface area contributed by atoms with Crippen molar-refractivity contribution in [1.29, 1.82) is 0 Å². The van der Waals surface area contributed by atoms with Crippen LogP contribution in [0.25, 0.3) is 32.9 Å². The molecule has 29 heavy (non-hydrogen) atoms. The van der Waals surface area contributed by atoms with E-state index >= 15 is 0 Å². The number of hydrogen-bond acceptors (Lipinski definition) is 0. The molecule has 1 atom stereocenters. The van der Waals surface area contributed by atoms with Gasteiger partial charge in [0.05, 0.1) is 0 Å². The summed E-state index contributed by atoms with van der Waals surface area (Å²) in [5, 5.41) is 2.77. The summed E-state index contributed by atoms with van der Waals surface area (Å²) in [4.78, 5) is 0. The molecule has 0 saturated carbocycles. The first-order chi connectivity index (χ1) is 14.2. The predicted octanol–water partition coefficient (Wildman–Crippen LogP) is 8.07. The predicted molar refractivity (Wildman–Crippen MR) is 126 cm³/mol. The number of unbranched alkanes of at least 4 members (excludes halogenated alkanes) is 3. The summed E-state index contributed by atoms with van der Waals surface area (Å²) in [5.74, 6) is 0. The zero-order valence-electron chi connectivity index (χ0n) is 18.0. The molecule has 4 aromatic rings. The van der Waals surface area contributed by atoms with Gasteiger partial charge in [0.1, 0.15) is 0 Å². The summed E-state index contributed by atoms with van der Waals surface area (Å²) in [6, 6.07) is 23.0. The Bertz CT molecular complexity index is 1200. The van der Waals surface area contributed by atoms with Gasteiger partial charge < -0.3 is 4.57 Å². The van der Waals surface area contributed by atoms with E-state index < -0.39 is 0 Å². The van der Waals surface area contributed by atoms with Crippen molar-refractivity contribution in [3.63, 3.8) is 0 Å². The SMILES string of the molecule is CCCCCCC1(C)c2ccccc2-c2cc3c4ccccc4n(CC)c3cc21. The fourth-order valence-corrected chi connectivity index (χ4v) is 5.63. The van der Waals surface area contributed by atoms with Gasteiger partial charge in [-0.3, -0.25) is 0 Å². The van der Waals surface area contributed by atoms with Crippen LogP contribution in [-0.2, 0) is 12.0 Å². The molecule has 0 fully saturated rings. The Morgan fingerprint density at radius 2 is 1.52 bits per heavy atom. The second-order valence-corrected chi connectivity index (χ2v) is 8.86. The maximum absolute atomic E-state index is 2.52. The standard InChI is InChI=1S/C28H31N/c1-4-6-7-12-17-28(3)24-15-10-8-13-20(24)22-18-23-21-14-9-11-16-26(21)29(5-2)27(23)19-25(22)28/h8-11,13-16,18-19H,4-7,12,17H2,1-3H3. The highest BCUT2D eigenvalue weighted by Gasteiger charge is 2.39. The monoisotopic (exact) mass is 381 g/mol. The summed E-state index contributed by atoms with van der Waals surface area (Å²) >= 11 is 0. The molecule has 0 spiro atoms. The van der Waals surface area contributed by atoms with Gasteiger partial charge in [0.15, 0.2) is 0 Å². The van der Waals surface area contributed by atoms with E-state index in [0.29, 0.717) is 0 Å². The van der Waals surface area contributed by atoms with Crippen molar-refractivity contribution in [2.75, 3.05) is 0 Å². The van der Waals surface area contributed by atoms with E-state index in [4.69, 9.17) is 0 Å². The molecule has 1 heterocycles. The van der Waals surface area contributed by atoms with Crippen molar-refractivity contribution in [1.82, 2.24) is 4.57 Å². The molecular weight excluding hydrogens is 350 g/mol. The molecule has 1 heteroatoms. The average Bonchev–Trinajstić information content (AvgIpc) is 3.20. The van der Waals surface area contributed by atoms with E-state index in [1.807, 2.05) is 0 Å². The van der Waals surface area contributed by atoms with E-state index in [2.05, 4.69) is 86.0 Å². The smallest absolute Gasteiger partial charge is 0.0494 e. The summed E-state index contributed by atoms with van der Waals surface area (Å²) in [6.45, 7) is 8.04. The Hall–Kier alpha value is -2.54. The lowest BCUT2D eigenvalue weighted by atomic mass is 9.76. The Morgan fingerprint density at radius 1 is 0.724 bits per heavy atom. The number of para-hydroxylation sites is 1. The van der Waals surface area contributed by atoms with Crippen LogP contribution in [0.15, 0.2) is 60.7 Å². The minimum absolute atomic E-state index is 0.114. The molecule has 1 aromatic heterocycles. The lowest BCUT2D eigenvalue weighted by Gasteiger charge is -2.28. The number of aryl methyl sites for hydroxylation is 1. The van der Waals surface area contributed by atoms with Gasteiger partial charge in [0.2, 0.25) is 0 Å². The number of nitrogens with zero attached hydrogens (tertiary/aromatic N) is 1. The third-order valence-electron chi connectivity index (χ3n) is 7.16. The molecule has 0 amide bonds. The van der Waals surface area contributed by atoms with Crippen LogP contribution in [0, 0.1) is 0 Å². The molecule has 148 valence electrons. The van der Waals surface area contributed by atoms with E-state index in [1.165, 1.54) is 76.2 Å². The molecule has 0 N–H and O–H groups in total. The van der Waals surface area contributed by atoms with Gasteiger partial charge in [-0.15, -0.1) is 0 Å².